The highest BCUT2D eigenvalue weighted by atomic mass is 16.1. The Balaban J connectivity index is 2.85. The Bertz CT molecular complexity index is 289. The molecule has 0 aliphatic rings. The fraction of sp³-hybridized carbons (Fsp3) is 0.364. The van der Waals surface area contributed by atoms with E-state index in [9.17, 15) is 4.79 Å². The van der Waals surface area contributed by atoms with Crippen molar-refractivity contribution in [3.05, 3.63) is 35.4 Å². The minimum atomic E-state index is -0.467. The van der Waals surface area contributed by atoms with Crippen molar-refractivity contribution in [2.45, 2.75) is 26.1 Å². The molecule has 0 saturated carbocycles. The molecule has 13 heavy (non-hydrogen) atoms. The Hall–Kier alpha value is -1.05. The molecule has 1 unspecified atom stereocenters. The van der Waals surface area contributed by atoms with E-state index < -0.39 is 5.82 Å². The molecule has 0 amide bonds. The first-order chi connectivity index (χ1) is 6.15. The van der Waals surface area contributed by atoms with Crippen LogP contribution in [0.4, 0.5) is 0 Å². The summed E-state index contributed by atoms with van der Waals surface area (Å²) in [6, 6.07) is 7.87. The molecule has 0 heterocycles. The average molecular weight is 172 g/mol. The molecule has 2 heteroatoms. The zero-order valence-electron chi connectivity index (χ0n) is 8.08. The summed E-state index contributed by atoms with van der Waals surface area (Å²) in [5.41, 5.74) is 2.16. The van der Waals surface area contributed by atoms with Gasteiger partial charge in [-0.15, -0.1) is 0 Å². The maximum absolute atomic E-state index is 11.0. The third kappa shape index (κ3) is 2.45. The zero-order valence-corrected chi connectivity index (χ0v) is 8.08. The second-order valence-corrected chi connectivity index (χ2v) is 3.18. The molecule has 2 radical (unpaired) electrons. The number of carbonyl (C=O) groups is 1. The third-order valence-electron chi connectivity index (χ3n) is 2.19. The molecule has 1 aromatic rings. The van der Waals surface area contributed by atoms with Gasteiger partial charge in [-0.05, 0) is 24.5 Å². The van der Waals surface area contributed by atoms with Gasteiger partial charge in [0.15, 0.2) is 0 Å². The average Bonchev–Trinajstić information content (AvgIpc) is 2.17. The lowest BCUT2D eigenvalue weighted by Gasteiger charge is -2.08. The lowest BCUT2D eigenvalue weighted by molar-refractivity contribution is -0.116. The molecule has 0 aromatic heterocycles. The molecule has 1 nitrogen and oxygen atoms in total. The Morgan fingerprint density at radius 3 is 2.31 bits per heavy atom. The van der Waals surface area contributed by atoms with E-state index in [-0.39, 0.29) is 5.78 Å². The van der Waals surface area contributed by atoms with Crippen molar-refractivity contribution in [3.63, 3.8) is 0 Å². The van der Waals surface area contributed by atoms with Gasteiger partial charge in [0.1, 0.15) is 5.78 Å². The van der Waals surface area contributed by atoms with Crippen molar-refractivity contribution in [2.24, 2.45) is 0 Å². The Kier molecular flexibility index (Phi) is 3.29. The van der Waals surface area contributed by atoms with Gasteiger partial charge < -0.3 is 4.79 Å². The number of hydrogen-bond donors (Lipinski definition) is 0. The predicted molar refractivity (Wildman–Crippen MR) is 55.0 cm³/mol. The van der Waals surface area contributed by atoms with Crippen LogP contribution in [0.25, 0.3) is 0 Å². The molecule has 0 bridgehead atoms. The number of hydrogen-bond acceptors (Lipinski definition) is 1. The summed E-state index contributed by atoms with van der Waals surface area (Å²) in [6.45, 7) is 3.61. The van der Waals surface area contributed by atoms with Gasteiger partial charge in [0.2, 0.25) is 0 Å². The molecule has 0 spiro atoms. The molecule has 0 aliphatic heterocycles. The number of ketones is 1. The summed E-state index contributed by atoms with van der Waals surface area (Å²) < 4.78 is 0. The summed E-state index contributed by atoms with van der Waals surface area (Å²) in [6.07, 6.45) is 1.01. The quantitative estimate of drug-likeness (QED) is 0.637. The molecule has 1 atom stereocenters. The molecule has 0 saturated heterocycles. The molecule has 0 fully saturated rings. The monoisotopic (exact) mass is 172 g/mol. The molecule has 1 rings (SSSR count). The normalized spacial score (nSPS) is 12.5. The molecule has 66 valence electrons. The first-order valence-corrected chi connectivity index (χ1v) is 4.50. The highest BCUT2D eigenvalue weighted by Gasteiger charge is 2.08. The first kappa shape index (κ1) is 10.0. The van der Waals surface area contributed by atoms with Gasteiger partial charge in [-0.3, -0.25) is 0 Å². The van der Waals surface area contributed by atoms with Crippen molar-refractivity contribution in [2.75, 3.05) is 0 Å². The van der Waals surface area contributed by atoms with Crippen LogP contribution in [0.5, 0.6) is 0 Å². The molecular formula is C11H13BO. The van der Waals surface area contributed by atoms with Gasteiger partial charge in [0, 0.05) is 5.82 Å². The standard InChI is InChI=1S/C11H13BO/c1-3-9-4-6-10(7-5-9)11(12)8(2)13/h4-7,11H,3H2,1-2H3. The molecule has 0 N–H and O–H groups in total. The summed E-state index contributed by atoms with van der Waals surface area (Å²) in [5.74, 6) is -0.463. The van der Waals surface area contributed by atoms with Crippen LogP contribution < -0.4 is 0 Å². The summed E-state index contributed by atoms with van der Waals surface area (Å²) in [7, 11) is 5.68. The lowest BCUT2D eigenvalue weighted by atomic mass is 9.78. The number of benzene rings is 1. The predicted octanol–water partition coefficient (Wildman–Crippen LogP) is 2.05. The highest BCUT2D eigenvalue weighted by Crippen LogP contribution is 2.14. The Labute approximate surface area is 80.6 Å². The summed E-state index contributed by atoms with van der Waals surface area (Å²) in [4.78, 5) is 11.0. The van der Waals surface area contributed by atoms with Gasteiger partial charge >= 0.3 is 0 Å². The second kappa shape index (κ2) is 4.26. The van der Waals surface area contributed by atoms with Crippen molar-refractivity contribution >= 4 is 13.6 Å². The number of Topliss-reactive ketones (excluding diaryl/α,β-unsaturated/α-hetero) is 1. The van der Waals surface area contributed by atoms with Crippen LogP contribution in [0.1, 0.15) is 30.8 Å². The van der Waals surface area contributed by atoms with Crippen molar-refractivity contribution < 1.29 is 4.79 Å². The molecular weight excluding hydrogens is 159 g/mol. The van der Waals surface area contributed by atoms with Gasteiger partial charge in [-0.25, -0.2) is 0 Å². The highest BCUT2D eigenvalue weighted by molar-refractivity contribution is 6.24. The van der Waals surface area contributed by atoms with Crippen LogP contribution in [0, 0.1) is 0 Å². The summed E-state index contributed by atoms with van der Waals surface area (Å²) in [5, 5.41) is 0. The number of aryl methyl sites for hydroxylation is 1. The maximum atomic E-state index is 11.0. The van der Waals surface area contributed by atoms with Crippen molar-refractivity contribution in [1.29, 1.82) is 0 Å². The van der Waals surface area contributed by atoms with Crippen LogP contribution in [-0.4, -0.2) is 13.6 Å². The maximum Gasteiger partial charge on any atom is 0.128 e. The van der Waals surface area contributed by atoms with E-state index in [1.165, 1.54) is 12.5 Å². The largest absolute Gasteiger partial charge is 0.300 e. The minimum Gasteiger partial charge on any atom is -0.300 e. The SMILES string of the molecule is [B]C(C(C)=O)c1ccc(CC)cc1. The zero-order chi connectivity index (χ0) is 9.84. The van der Waals surface area contributed by atoms with Gasteiger partial charge in [0.05, 0.1) is 7.85 Å². The van der Waals surface area contributed by atoms with Crippen LogP contribution in [0.2, 0.25) is 0 Å². The third-order valence-corrected chi connectivity index (χ3v) is 2.19. The topological polar surface area (TPSA) is 17.1 Å². The first-order valence-electron chi connectivity index (χ1n) is 4.50. The molecule has 1 aromatic carbocycles. The van der Waals surface area contributed by atoms with Gasteiger partial charge in [-0.1, -0.05) is 31.2 Å². The van der Waals surface area contributed by atoms with E-state index in [1.54, 1.807) is 0 Å². The van der Waals surface area contributed by atoms with Crippen LogP contribution >= 0.6 is 0 Å². The van der Waals surface area contributed by atoms with Gasteiger partial charge in [-0.2, -0.15) is 0 Å². The lowest BCUT2D eigenvalue weighted by Crippen LogP contribution is -2.08. The van der Waals surface area contributed by atoms with E-state index in [2.05, 4.69) is 6.92 Å². The van der Waals surface area contributed by atoms with Crippen LogP contribution in [0.3, 0.4) is 0 Å². The van der Waals surface area contributed by atoms with Crippen molar-refractivity contribution in [1.82, 2.24) is 0 Å². The molecule has 0 aliphatic carbocycles. The van der Waals surface area contributed by atoms with Crippen LogP contribution in [-0.2, 0) is 11.2 Å². The van der Waals surface area contributed by atoms with Gasteiger partial charge in [0.25, 0.3) is 0 Å². The number of carbonyl (C=O) groups excluding carboxylic acids is 1. The van der Waals surface area contributed by atoms with E-state index in [0.717, 1.165) is 12.0 Å². The Morgan fingerprint density at radius 1 is 1.38 bits per heavy atom. The summed E-state index contributed by atoms with van der Waals surface area (Å²) >= 11 is 0. The second-order valence-electron chi connectivity index (χ2n) is 3.18. The number of rotatable bonds is 3. The van der Waals surface area contributed by atoms with E-state index in [1.807, 2.05) is 24.3 Å². The smallest absolute Gasteiger partial charge is 0.128 e. The van der Waals surface area contributed by atoms with Crippen molar-refractivity contribution in [3.8, 4) is 0 Å². The Morgan fingerprint density at radius 2 is 1.92 bits per heavy atom. The minimum absolute atomic E-state index is 0.00393. The fourth-order valence-corrected chi connectivity index (χ4v) is 1.20. The van der Waals surface area contributed by atoms with E-state index >= 15 is 0 Å². The van der Waals surface area contributed by atoms with Crippen LogP contribution in [0.15, 0.2) is 24.3 Å². The van der Waals surface area contributed by atoms with E-state index in [4.69, 9.17) is 7.85 Å². The van der Waals surface area contributed by atoms with E-state index in [0.29, 0.717) is 0 Å². The fourth-order valence-electron chi connectivity index (χ4n) is 1.20.